The third-order valence-corrected chi connectivity index (χ3v) is 7.71. The Morgan fingerprint density at radius 3 is 2.22 bits per heavy atom. The summed E-state index contributed by atoms with van der Waals surface area (Å²) in [5.74, 6) is -0.212. The molecule has 0 unspecified atom stereocenters. The fourth-order valence-corrected chi connectivity index (χ4v) is 4.87. The van der Waals surface area contributed by atoms with Gasteiger partial charge in [-0.3, -0.25) is 13.9 Å². The smallest absolute Gasteiger partial charge is 0.244 e. The van der Waals surface area contributed by atoms with E-state index < -0.39 is 28.5 Å². The van der Waals surface area contributed by atoms with Gasteiger partial charge in [-0.1, -0.05) is 55.2 Å². The normalized spacial score (nSPS) is 13.0. The molecule has 198 valence electrons. The van der Waals surface area contributed by atoms with E-state index in [1.807, 2.05) is 13.8 Å². The molecule has 2 amide bonds. The molecule has 0 aliphatic heterocycles. The second kappa shape index (κ2) is 13.2. The minimum absolute atomic E-state index is 0.0145. The molecule has 0 bridgehead atoms. The minimum Gasteiger partial charge on any atom is -0.497 e. The van der Waals surface area contributed by atoms with Crippen molar-refractivity contribution in [1.82, 2.24) is 10.2 Å². The lowest BCUT2D eigenvalue weighted by molar-refractivity contribution is -0.140. The van der Waals surface area contributed by atoms with Gasteiger partial charge >= 0.3 is 0 Å². The molecular formula is C25H33Cl2N3O5S. The van der Waals surface area contributed by atoms with Crippen LogP contribution in [-0.4, -0.2) is 57.1 Å². The molecule has 2 rings (SSSR count). The summed E-state index contributed by atoms with van der Waals surface area (Å²) in [5, 5.41) is 3.10. The highest BCUT2D eigenvalue weighted by atomic mass is 35.5. The van der Waals surface area contributed by atoms with Crippen molar-refractivity contribution in [2.45, 2.75) is 52.2 Å². The third-order valence-electron chi connectivity index (χ3n) is 5.78. The van der Waals surface area contributed by atoms with Crippen LogP contribution in [0.2, 0.25) is 10.0 Å². The molecule has 0 aliphatic carbocycles. The fourth-order valence-electron chi connectivity index (χ4n) is 3.57. The number of nitrogens with one attached hydrogen (secondary N) is 1. The van der Waals surface area contributed by atoms with Gasteiger partial charge in [0.1, 0.15) is 18.3 Å². The SMILES string of the molecule is CC[C@H](C)NC(=O)[C@H](CC)N(Cc1ccc(OC)cc1)C(=O)CN(c1cccc(Cl)c1Cl)S(C)(=O)=O. The van der Waals surface area contributed by atoms with Crippen LogP contribution in [0, 0.1) is 0 Å². The van der Waals surface area contributed by atoms with Gasteiger partial charge in [0.25, 0.3) is 0 Å². The number of anilines is 1. The van der Waals surface area contributed by atoms with E-state index in [2.05, 4.69) is 5.32 Å². The number of carbonyl (C=O) groups is 2. The largest absolute Gasteiger partial charge is 0.497 e. The molecule has 36 heavy (non-hydrogen) atoms. The lowest BCUT2D eigenvalue weighted by atomic mass is 10.1. The van der Waals surface area contributed by atoms with Crippen molar-refractivity contribution >= 4 is 50.7 Å². The van der Waals surface area contributed by atoms with Gasteiger partial charge in [0, 0.05) is 12.6 Å². The van der Waals surface area contributed by atoms with Crippen LogP contribution in [0.5, 0.6) is 5.75 Å². The first-order valence-electron chi connectivity index (χ1n) is 11.6. The lowest BCUT2D eigenvalue weighted by Gasteiger charge is -2.33. The molecule has 0 saturated carbocycles. The van der Waals surface area contributed by atoms with Crippen LogP contribution >= 0.6 is 23.2 Å². The Kier molecular flexibility index (Phi) is 10.9. The van der Waals surface area contributed by atoms with Crippen LogP contribution in [0.4, 0.5) is 5.69 Å². The predicted molar refractivity (Wildman–Crippen MR) is 144 cm³/mol. The maximum atomic E-state index is 13.7. The minimum atomic E-state index is -3.92. The average molecular weight is 559 g/mol. The molecule has 8 nitrogen and oxygen atoms in total. The molecule has 0 radical (unpaired) electrons. The topological polar surface area (TPSA) is 96.0 Å². The molecule has 11 heteroatoms. The van der Waals surface area contributed by atoms with Gasteiger partial charge < -0.3 is 15.0 Å². The second-order valence-electron chi connectivity index (χ2n) is 8.45. The first-order chi connectivity index (χ1) is 16.9. The standard InChI is InChI=1S/C25H33Cl2N3O5S/c1-6-17(3)28-25(32)21(7-2)29(15-18-11-13-19(35-4)14-12-18)23(31)16-30(36(5,33)34)22-10-8-9-20(26)24(22)27/h8-14,17,21H,6-7,15-16H2,1-5H3,(H,28,32)/t17-,21-/m0/s1. The van der Waals surface area contributed by atoms with E-state index in [1.54, 1.807) is 44.4 Å². The van der Waals surface area contributed by atoms with Crippen molar-refractivity contribution in [2.24, 2.45) is 0 Å². The number of halogens is 2. The van der Waals surface area contributed by atoms with Gasteiger partial charge in [0.2, 0.25) is 21.8 Å². The first kappa shape index (κ1) is 29.7. The molecule has 2 atom stereocenters. The number of nitrogens with zero attached hydrogens (tertiary/aromatic N) is 2. The van der Waals surface area contributed by atoms with E-state index in [-0.39, 0.29) is 34.2 Å². The van der Waals surface area contributed by atoms with Gasteiger partial charge in [0.15, 0.2) is 0 Å². The summed E-state index contributed by atoms with van der Waals surface area (Å²) >= 11 is 12.4. The highest BCUT2D eigenvalue weighted by Gasteiger charge is 2.32. The highest BCUT2D eigenvalue weighted by Crippen LogP contribution is 2.33. The number of hydrogen-bond donors (Lipinski definition) is 1. The molecule has 0 aliphatic rings. The van der Waals surface area contributed by atoms with Crippen LogP contribution < -0.4 is 14.4 Å². The summed E-state index contributed by atoms with van der Waals surface area (Å²) in [6.07, 6.45) is 2.04. The Morgan fingerprint density at radius 1 is 1.06 bits per heavy atom. The average Bonchev–Trinajstić information content (AvgIpc) is 2.83. The van der Waals surface area contributed by atoms with Gasteiger partial charge in [0.05, 0.1) is 29.1 Å². The quantitative estimate of drug-likeness (QED) is 0.414. The molecule has 0 fully saturated rings. The Hall–Kier alpha value is -2.49. The molecule has 1 N–H and O–H groups in total. The van der Waals surface area contributed by atoms with Crippen molar-refractivity contribution < 1.29 is 22.7 Å². The molecule has 2 aromatic carbocycles. The maximum Gasteiger partial charge on any atom is 0.244 e. The van der Waals surface area contributed by atoms with Crippen LogP contribution in [-0.2, 0) is 26.2 Å². The molecular weight excluding hydrogens is 525 g/mol. The fraction of sp³-hybridized carbons (Fsp3) is 0.440. The van der Waals surface area contributed by atoms with E-state index in [0.717, 1.165) is 22.5 Å². The number of carbonyl (C=O) groups excluding carboxylic acids is 2. The number of ether oxygens (including phenoxy) is 1. The molecule has 0 spiro atoms. The number of benzene rings is 2. The summed E-state index contributed by atoms with van der Waals surface area (Å²) in [6, 6.07) is 10.8. The summed E-state index contributed by atoms with van der Waals surface area (Å²) in [4.78, 5) is 28.2. The zero-order valence-corrected chi connectivity index (χ0v) is 23.5. The van der Waals surface area contributed by atoms with Crippen molar-refractivity contribution in [3.05, 3.63) is 58.1 Å². The number of rotatable bonds is 12. The van der Waals surface area contributed by atoms with Crippen LogP contribution in [0.15, 0.2) is 42.5 Å². The van der Waals surface area contributed by atoms with Crippen LogP contribution in [0.25, 0.3) is 0 Å². The Labute approximate surface area is 223 Å². The van der Waals surface area contributed by atoms with E-state index in [1.165, 1.54) is 17.0 Å². The number of sulfonamides is 1. The third kappa shape index (κ3) is 7.75. The Morgan fingerprint density at radius 2 is 1.69 bits per heavy atom. The molecule has 0 heterocycles. The van der Waals surface area contributed by atoms with E-state index >= 15 is 0 Å². The number of amides is 2. The van der Waals surface area contributed by atoms with Crippen LogP contribution in [0.3, 0.4) is 0 Å². The van der Waals surface area contributed by atoms with Gasteiger partial charge in [-0.2, -0.15) is 0 Å². The van der Waals surface area contributed by atoms with Crippen molar-refractivity contribution in [1.29, 1.82) is 0 Å². The van der Waals surface area contributed by atoms with Crippen molar-refractivity contribution in [3.8, 4) is 5.75 Å². The van der Waals surface area contributed by atoms with E-state index in [4.69, 9.17) is 27.9 Å². The summed E-state index contributed by atoms with van der Waals surface area (Å²) in [6.45, 7) is 5.17. The van der Waals surface area contributed by atoms with Gasteiger partial charge in [-0.05, 0) is 49.6 Å². The second-order valence-corrected chi connectivity index (χ2v) is 11.1. The van der Waals surface area contributed by atoms with Gasteiger partial charge in [-0.15, -0.1) is 0 Å². The number of hydrogen-bond acceptors (Lipinski definition) is 5. The summed E-state index contributed by atoms with van der Waals surface area (Å²) < 4.78 is 31.5. The van der Waals surface area contributed by atoms with Gasteiger partial charge in [-0.25, -0.2) is 8.42 Å². The predicted octanol–water partition coefficient (Wildman–Crippen LogP) is 4.49. The summed E-state index contributed by atoms with van der Waals surface area (Å²) in [5.41, 5.74) is 0.840. The lowest BCUT2D eigenvalue weighted by Crippen LogP contribution is -2.53. The molecule has 0 saturated heterocycles. The van der Waals surface area contributed by atoms with Crippen LogP contribution in [0.1, 0.15) is 39.2 Å². The summed E-state index contributed by atoms with van der Waals surface area (Å²) in [7, 11) is -2.36. The number of methoxy groups -OCH3 is 1. The van der Waals surface area contributed by atoms with E-state index in [9.17, 15) is 18.0 Å². The van der Waals surface area contributed by atoms with Crippen molar-refractivity contribution in [3.63, 3.8) is 0 Å². The highest BCUT2D eigenvalue weighted by molar-refractivity contribution is 7.92. The Bertz CT molecular complexity index is 1160. The van der Waals surface area contributed by atoms with Crippen molar-refractivity contribution in [2.75, 3.05) is 24.2 Å². The zero-order valence-electron chi connectivity index (χ0n) is 21.1. The molecule has 0 aromatic heterocycles. The zero-order chi connectivity index (χ0) is 27.0. The molecule has 2 aromatic rings. The first-order valence-corrected chi connectivity index (χ1v) is 14.2. The monoisotopic (exact) mass is 557 g/mol. The maximum absolute atomic E-state index is 13.7. The van der Waals surface area contributed by atoms with E-state index in [0.29, 0.717) is 12.2 Å². The Balaban J connectivity index is 2.48.